The Hall–Kier alpha value is -1.98. The van der Waals surface area contributed by atoms with Gasteiger partial charge in [0.2, 0.25) is 0 Å². The second-order valence-electron chi connectivity index (χ2n) is 4.73. The highest BCUT2D eigenvalue weighted by Gasteiger charge is 2.36. The molecule has 0 aliphatic rings. The van der Waals surface area contributed by atoms with E-state index in [9.17, 15) is 13.2 Å². The topological polar surface area (TPSA) is 77.5 Å². The summed E-state index contributed by atoms with van der Waals surface area (Å²) < 4.78 is 44.7. The lowest BCUT2D eigenvalue weighted by Gasteiger charge is -2.08. The maximum atomic E-state index is 12.8. The minimum atomic E-state index is -4.53. The molecule has 0 unspecified atom stereocenters. The zero-order chi connectivity index (χ0) is 17.0. The van der Waals surface area contributed by atoms with E-state index < -0.39 is 11.9 Å². The third-order valence-electron chi connectivity index (χ3n) is 2.93. The third kappa shape index (κ3) is 5.28. The standard InChI is InChI=1S/C14H16F3N5O.HI/c1-22-8-9(12(21-22)14(15,16)17)7-19-13(18)20-10-4-3-5-11(6-10)23-2;/h3-6,8H,7H2,1-2H3,(H3,18,19,20);1H. The summed E-state index contributed by atoms with van der Waals surface area (Å²) in [6.07, 6.45) is -3.26. The average molecular weight is 455 g/mol. The Morgan fingerprint density at radius 3 is 2.75 bits per heavy atom. The summed E-state index contributed by atoms with van der Waals surface area (Å²) in [5.41, 5.74) is 5.31. The van der Waals surface area contributed by atoms with Crippen LogP contribution < -0.4 is 15.8 Å². The van der Waals surface area contributed by atoms with Crippen molar-refractivity contribution in [3.8, 4) is 5.75 Å². The number of aliphatic imine (C=N–C) groups is 1. The van der Waals surface area contributed by atoms with Crippen molar-refractivity contribution in [2.75, 3.05) is 12.4 Å². The van der Waals surface area contributed by atoms with Crippen molar-refractivity contribution >= 4 is 35.6 Å². The first kappa shape index (κ1) is 20.1. The molecule has 0 saturated carbocycles. The van der Waals surface area contributed by atoms with Crippen LogP contribution in [0.15, 0.2) is 35.5 Å². The van der Waals surface area contributed by atoms with E-state index in [2.05, 4.69) is 15.4 Å². The van der Waals surface area contributed by atoms with Gasteiger partial charge in [0.15, 0.2) is 11.7 Å². The Morgan fingerprint density at radius 2 is 2.12 bits per heavy atom. The molecule has 2 aromatic rings. The molecule has 1 heterocycles. The number of aryl methyl sites for hydroxylation is 1. The molecule has 0 saturated heterocycles. The second kappa shape index (κ2) is 8.22. The number of anilines is 1. The highest BCUT2D eigenvalue weighted by atomic mass is 127. The van der Waals surface area contributed by atoms with E-state index >= 15 is 0 Å². The molecular weight excluding hydrogens is 438 g/mol. The minimum absolute atomic E-state index is 0. The van der Waals surface area contributed by atoms with Crippen LogP contribution in [-0.4, -0.2) is 22.8 Å². The van der Waals surface area contributed by atoms with Gasteiger partial charge in [0.05, 0.1) is 13.7 Å². The molecule has 1 aromatic carbocycles. The Labute approximate surface area is 153 Å². The molecule has 10 heteroatoms. The summed E-state index contributed by atoms with van der Waals surface area (Å²) in [5.74, 6) is 0.615. The van der Waals surface area contributed by atoms with Crippen molar-refractivity contribution in [2.24, 2.45) is 17.8 Å². The molecule has 6 nitrogen and oxygen atoms in total. The van der Waals surface area contributed by atoms with Gasteiger partial charge in [-0.2, -0.15) is 18.3 Å². The van der Waals surface area contributed by atoms with Crippen molar-refractivity contribution in [3.63, 3.8) is 0 Å². The average Bonchev–Trinajstić information content (AvgIpc) is 2.86. The monoisotopic (exact) mass is 455 g/mol. The number of ether oxygens (including phenoxy) is 1. The largest absolute Gasteiger partial charge is 0.497 e. The van der Waals surface area contributed by atoms with Gasteiger partial charge < -0.3 is 15.8 Å². The van der Waals surface area contributed by atoms with Gasteiger partial charge in [0.1, 0.15) is 5.75 Å². The van der Waals surface area contributed by atoms with E-state index in [1.165, 1.54) is 20.4 Å². The van der Waals surface area contributed by atoms with Crippen LogP contribution in [-0.2, 0) is 19.8 Å². The van der Waals surface area contributed by atoms with E-state index in [4.69, 9.17) is 10.5 Å². The van der Waals surface area contributed by atoms with Crippen molar-refractivity contribution < 1.29 is 17.9 Å². The molecule has 0 fully saturated rings. The number of halogens is 4. The molecule has 24 heavy (non-hydrogen) atoms. The normalized spacial score (nSPS) is 11.8. The molecule has 0 aliphatic heterocycles. The van der Waals surface area contributed by atoms with Crippen LogP contribution in [0.25, 0.3) is 0 Å². The number of nitrogens with zero attached hydrogens (tertiary/aromatic N) is 3. The summed E-state index contributed by atoms with van der Waals surface area (Å²) in [7, 11) is 2.94. The number of benzene rings is 1. The van der Waals surface area contributed by atoms with Crippen LogP contribution in [0.4, 0.5) is 18.9 Å². The lowest BCUT2D eigenvalue weighted by Crippen LogP contribution is -2.22. The highest BCUT2D eigenvalue weighted by molar-refractivity contribution is 14.0. The van der Waals surface area contributed by atoms with Crippen LogP contribution in [0.2, 0.25) is 0 Å². The molecule has 0 radical (unpaired) electrons. The second-order valence-corrected chi connectivity index (χ2v) is 4.73. The van der Waals surface area contributed by atoms with Crippen LogP contribution in [0.5, 0.6) is 5.75 Å². The number of hydrogen-bond acceptors (Lipinski definition) is 3. The fraction of sp³-hybridized carbons (Fsp3) is 0.286. The van der Waals surface area contributed by atoms with Gasteiger partial charge in [0.25, 0.3) is 0 Å². The number of rotatable bonds is 4. The van der Waals surface area contributed by atoms with Crippen LogP contribution >= 0.6 is 24.0 Å². The van der Waals surface area contributed by atoms with Crippen molar-refractivity contribution in [1.82, 2.24) is 9.78 Å². The summed E-state index contributed by atoms with van der Waals surface area (Å²) in [5, 5.41) is 6.20. The molecule has 2 rings (SSSR count). The zero-order valence-corrected chi connectivity index (χ0v) is 15.3. The first-order chi connectivity index (χ1) is 10.8. The number of alkyl halides is 3. The number of methoxy groups -OCH3 is 1. The minimum Gasteiger partial charge on any atom is -0.497 e. The smallest absolute Gasteiger partial charge is 0.435 e. The van der Waals surface area contributed by atoms with Crippen molar-refractivity contribution in [3.05, 3.63) is 41.7 Å². The van der Waals surface area contributed by atoms with E-state index in [1.54, 1.807) is 24.3 Å². The Kier molecular flexibility index (Phi) is 6.87. The summed E-state index contributed by atoms with van der Waals surface area (Å²) in [6, 6.07) is 6.92. The number of nitrogens with one attached hydrogen (secondary N) is 1. The van der Waals surface area contributed by atoms with Crippen molar-refractivity contribution in [2.45, 2.75) is 12.7 Å². The van der Waals surface area contributed by atoms with Gasteiger partial charge in [-0.3, -0.25) is 4.68 Å². The molecule has 1 aromatic heterocycles. The van der Waals surface area contributed by atoms with E-state index in [0.29, 0.717) is 11.4 Å². The van der Waals surface area contributed by atoms with Gasteiger partial charge in [-0.05, 0) is 12.1 Å². The predicted molar refractivity (Wildman–Crippen MR) is 95.6 cm³/mol. The van der Waals surface area contributed by atoms with E-state index in [0.717, 1.165) is 4.68 Å². The predicted octanol–water partition coefficient (Wildman–Crippen LogP) is 2.99. The Balaban J connectivity index is 0.00000288. The number of hydrogen-bond donors (Lipinski definition) is 2. The maximum Gasteiger partial charge on any atom is 0.435 e. The van der Waals surface area contributed by atoms with Gasteiger partial charge in [-0.25, -0.2) is 4.99 Å². The number of guanidine groups is 1. The first-order valence-corrected chi connectivity index (χ1v) is 6.60. The molecular formula is C14H17F3IN5O. The molecule has 0 spiro atoms. The third-order valence-corrected chi connectivity index (χ3v) is 2.93. The van der Waals surface area contributed by atoms with Crippen LogP contribution in [0, 0.1) is 0 Å². The molecule has 3 N–H and O–H groups in total. The van der Waals surface area contributed by atoms with Gasteiger partial charge in [0, 0.05) is 30.6 Å². The van der Waals surface area contributed by atoms with E-state index in [1.807, 2.05) is 0 Å². The van der Waals surface area contributed by atoms with Gasteiger partial charge in [-0.1, -0.05) is 6.07 Å². The molecule has 0 amide bonds. The molecule has 0 atom stereocenters. The van der Waals surface area contributed by atoms with Crippen molar-refractivity contribution in [1.29, 1.82) is 0 Å². The van der Waals surface area contributed by atoms with E-state index in [-0.39, 0.29) is 42.0 Å². The van der Waals surface area contributed by atoms with Crippen LogP contribution in [0.1, 0.15) is 11.3 Å². The summed E-state index contributed by atoms with van der Waals surface area (Å²) >= 11 is 0. The Morgan fingerprint density at radius 1 is 1.42 bits per heavy atom. The van der Waals surface area contributed by atoms with Crippen LogP contribution in [0.3, 0.4) is 0 Å². The van der Waals surface area contributed by atoms with Gasteiger partial charge >= 0.3 is 6.18 Å². The first-order valence-electron chi connectivity index (χ1n) is 6.60. The number of aromatic nitrogens is 2. The quantitative estimate of drug-likeness (QED) is 0.423. The SMILES string of the molecule is COc1cccc(NC(N)=NCc2cn(C)nc2C(F)(F)F)c1.I. The Bertz CT molecular complexity index is 715. The molecule has 132 valence electrons. The fourth-order valence-electron chi connectivity index (χ4n) is 1.95. The fourth-order valence-corrected chi connectivity index (χ4v) is 1.95. The summed E-state index contributed by atoms with van der Waals surface area (Å²) in [6.45, 7) is -0.231. The molecule has 0 bridgehead atoms. The molecule has 0 aliphatic carbocycles. The van der Waals surface area contributed by atoms with Gasteiger partial charge in [-0.15, -0.1) is 24.0 Å². The zero-order valence-electron chi connectivity index (χ0n) is 13.0. The lowest BCUT2D eigenvalue weighted by molar-refractivity contribution is -0.142. The maximum absolute atomic E-state index is 12.8. The number of nitrogens with two attached hydrogens (primary N) is 1. The highest BCUT2D eigenvalue weighted by Crippen LogP contribution is 2.30. The summed E-state index contributed by atoms with van der Waals surface area (Å²) in [4.78, 5) is 3.92. The lowest BCUT2D eigenvalue weighted by atomic mass is 10.2.